The molecular weight excluding hydrogens is 298 g/mol. The molecule has 0 aliphatic carbocycles. The summed E-state index contributed by atoms with van der Waals surface area (Å²) in [5, 5.41) is 0. The molecule has 0 radical (unpaired) electrons. The van der Waals surface area contributed by atoms with Crippen molar-refractivity contribution >= 4 is 6.09 Å². The minimum Gasteiger partial charge on any atom is -0.445 e. The maximum Gasteiger partial charge on any atom is 0.410 e. The van der Waals surface area contributed by atoms with Crippen LogP contribution in [0, 0.1) is 0 Å². The zero-order valence-corrected chi connectivity index (χ0v) is 13.5. The SMILES string of the molecule is NCCOCCN(CCOCCN)C(=O)OCc1ccccc1. The minimum atomic E-state index is -0.387. The molecule has 1 rings (SSSR count). The topological polar surface area (TPSA) is 100 Å². The molecule has 0 aromatic heterocycles. The summed E-state index contributed by atoms with van der Waals surface area (Å²) in [7, 11) is 0. The number of carbonyl (C=O) groups is 1. The molecule has 1 amide bonds. The number of benzene rings is 1. The van der Waals surface area contributed by atoms with Crippen molar-refractivity contribution in [3.8, 4) is 0 Å². The van der Waals surface area contributed by atoms with Crippen molar-refractivity contribution in [1.29, 1.82) is 0 Å². The molecule has 0 saturated heterocycles. The molecule has 0 saturated carbocycles. The van der Waals surface area contributed by atoms with Gasteiger partial charge in [-0.15, -0.1) is 0 Å². The summed E-state index contributed by atoms with van der Waals surface area (Å²) in [5.41, 5.74) is 11.7. The van der Waals surface area contributed by atoms with Gasteiger partial charge in [-0.1, -0.05) is 30.3 Å². The molecule has 4 N–H and O–H groups in total. The first-order valence-corrected chi connectivity index (χ1v) is 7.79. The van der Waals surface area contributed by atoms with Crippen LogP contribution in [-0.4, -0.2) is 63.6 Å². The van der Waals surface area contributed by atoms with Crippen LogP contribution in [-0.2, 0) is 20.8 Å². The standard InChI is InChI=1S/C16H27N3O4/c17-6-10-21-12-8-19(9-13-22-11-7-18)16(20)23-14-15-4-2-1-3-5-15/h1-5H,6-14,17-18H2. The van der Waals surface area contributed by atoms with Gasteiger partial charge in [-0.2, -0.15) is 0 Å². The van der Waals surface area contributed by atoms with Gasteiger partial charge in [0.1, 0.15) is 6.61 Å². The van der Waals surface area contributed by atoms with E-state index in [1.807, 2.05) is 30.3 Å². The molecule has 7 nitrogen and oxygen atoms in total. The van der Waals surface area contributed by atoms with Crippen molar-refractivity contribution in [2.75, 3.05) is 52.6 Å². The molecule has 0 fully saturated rings. The largest absolute Gasteiger partial charge is 0.445 e. The van der Waals surface area contributed by atoms with Crippen LogP contribution in [0.25, 0.3) is 0 Å². The van der Waals surface area contributed by atoms with Gasteiger partial charge in [0.15, 0.2) is 0 Å². The summed E-state index contributed by atoms with van der Waals surface area (Å²) in [6, 6.07) is 9.55. The highest BCUT2D eigenvalue weighted by Crippen LogP contribution is 2.03. The smallest absolute Gasteiger partial charge is 0.410 e. The van der Waals surface area contributed by atoms with Gasteiger partial charge in [-0.25, -0.2) is 4.79 Å². The van der Waals surface area contributed by atoms with Crippen molar-refractivity contribution in [3.05, 3.63) is 35.9 Å². The third-order valence-electron chi connectivity index (χ3n) is 3.00. The fourth-order valence-electron chi connectivity index (χ4n) is 1.83. The van der Waals surface area contributed by atoms with E-state index in [2.05, 4.69) is 0 Å². The van der Waals surface area contributed by atoms with E-state index in [-0.39, 0.29) is 12.7 Å². The van der Waals surface area contributed by atoms with E-state index in [1.165, 1.54) is 0 Å². The molecule has 0 unspecified atom stereocenters. The molecule has 0 atom stereocenters. The molecule has 1 aromatic carbocycles. The van der Waals surface area contributed by atoms with Crippen molar-refractivity contribution in [2.45, 2.75) is 6.61 Å². The third-order valence-corrected chi connectivity index (χ3v) is 3.00. The van der Waals surface area contributed by atoms with E-state index >= 15 is 0 Å². The van der Waals surface area contributed by atoms with E-state index < -0.39 is 0 Å². The summed E-state index contributed by atoms with van der Waals surface area (Å²) in [4.78, 5) is 13.8. The second-order valence-corrected chi connectivity index (χ2v) is 4.83. The lowest BCUT2D eigenvalue weighted by Gasteiger charge is -2.22. The fourth-order valence-corrected chi connectivity index (χ4v) is 1.83. The number of nitrogens with zero attached hydrogens (tertiary/aromatic N) is 1. The predicted molar refractivity (Wildman–Crippen MR) is 87.9 cm³/mol. The average molecular weight is 325 g/mol. The monoisotopic (exact) mass is 325 g/mol. The molecular formula is C16H27N3O4. The van der Waals surface area contributed by atoms with Crippen molar-refractivity contribution in [2.24, 2.45) is 11.5 Å². The van der Waals surface area contributed by atoms with E-state index in [9.17, 15) is 4.79 Å². The van der Waals surface area contributed by atoms with Gasteiger partial charge in [0, 0.05) is 26.2 Å². The van der Waals surface area contributed by atoms with Gasteiger partial charge in [-0.3, -0.25) is 0 Å². The number of hydrogen-bond acceptors (Lipinski definition) is 6. The zero-order valence-electron chi connectivity index (χ0n) is 13.5. The average Bonchev–Trinajstić information content (AvgIpc) is 2.59. The number of rotatable bonds is 12. The molecule has 0 aliphatic heterocycles. The fraction of sp³-hybridized carbons (Fsp3) is 0.562. The van der Waals surface area contributed by atoms with Gasteiger partial charge in [-0.05, 0) is 5.56 Å². The highest BCUT2D eigenvalue weighted by molar-refractivity contribution is 5.67. The summed E-state index contributed by atoms with van der Waals surface area (Å²) in [5.74, 6) is 0. The Balaban J connectivity index is 2.39. The van der Waals surface area contributed by atoms with Crippen LogP contribution in [0.1, 0.15) is 5.56 Å². The van der Waals surface area contributed by atoms with Crippen LogP contribution >= 0.6 is 0 Å². The highest BCUT2D eigenvalue weighted by Gasteiger charge is 2.14. The van der Waals surface area contributed by atoms with Crippen LogP contribution in [0.3, 0.4) is 0 Å². The molecule has 1 aromatic rings. The Morgan fingerprint density at radius 3 is 2.00 bits per heavy atom. The predicted octanol–water partition coefficient (Wildman–Crippen LogP) is 0.576. The lowest BCUT2D eigenvalue weighted by Crippen LogP contribution is -2.37. The first-order valence-electron chi connectivity index (χ1n) is 7.79. The molecule has 130 valence electrons. The molecule has 7 heteroatoms. The number of nitrogens with two attached hydrogens (primary N) is 2. The first-order chi connectivity index (χ1) is 11.3. The Labute approximate surface area is 137 Å². The number of carbonyl (C=O) groups excluding carboxylic acids is 1. The Kier molecular flexibility index (Phi) is 10.8. The number of ether oxygens (including phenoxy) is 3. The molecule has 23 heavy (non-hydrogen) atoms. The Morgan fingerprint density at radius 1 is 0.913 bits per heavy atom. The quantitative estimate of drug-likeness (QED) is 0.545. The normalized spacial score (nSPS) is 10.5. The van der Waals surface area contributed by atoms with Gasteiger partial charge >= 0.3 is 6.09 Å². The second kappa shape index (κ2) is 12.8. The van der Waals surface area contributed by atoms with Gasteiger partial charge in [0.25, 0.3) is 0 Å². The van der Waals surface area contributed by atoms with Crippen molar-refractivity contribution in [3.63, 3.8) is 0 Å². The van der Waals surface area contributed by atoms with Gasteiger partial charge < -0.3 is 30.6 Å². The summed E-state index contributed by atoms with van der Waals surface area (Å²) >= 11 is 0. The van der Waals surface area contributed by atoms with Gasteiger partial charge in [0.2, 0.25) is 0 Å². The highest BCUT2D eigenvalue weighted by atomic mass is 16.6. The Bertz CT molecular complexity index is 405. The lowest BCUT2D eigenvalue weighted by atomic mass is 10.2. The van der Waals surface area contributed by atoms with Crippen LogP contribution in [0.4, 0.5) is 4.79 Å². The molecule has 0 heterocycles. The number of amides is 1. The maximum absolute atomic E-state index is 12.2. The first kappa shape index (κ1) is 19.4. The summed E-state index contributed by atoms with van der Waals surface area (Å²) in [6.45, 7) is 3.77. The van der Waals surface area contributed by atoms with E-state index in [4.69, 9.17) is 25.7 Å². The lowest BCUT2D eigenvalue weighted by molar-refractivity contribution is 0.0551. The van der Waals surface area contributed by atoms with Crippen LogP contribution in [0.5, 0.6) is 0 Å². The van der Waals surface area contributed by atoms with Gasteiger partial charge in [0.05, 0.1) is 26.4 Å². The van der Waals surface area contributed by atoms with E-state index in [0.29, 0.717) is 52.6 Å². The Morgan fingerprint density at radius 2 is 1.48 bits per heavy atom. The maximum atomic E-state index is 12.2. The third kappa shape index (κ3) is 9.14. The van der Waals surface area contributed by atoms with Crippen molar-refractivity contribution < 1.29 is 19.0 Å². The van der Waals surface area contributed by atoms with Crippen LogP contribution in [0.15, 0.2) is 30.3 Å². The molecule has 0 bridgehead atoms. The van der Waals surface area contributed by atoms with Crippen LogP contribution < -0.4 is 11.5 Å². The Hall–Kier alpha value is -1.67. The minimum absolute atomic E-state index is 0.240. The van der Waals surface area contributed by atoms with E-state index in [0.717, 1.165) is 5.56 Å². The van der Waals surface area contributed by atoms with Crippen LogP contribution in [0.2, 0.25) is 0 Å². The van der Waals surface area contributed by atoms with E-state index in [1.54, 1.807) is 4.90 Å². The van der Waals surface area contributed by atoms with Crippen molar-refractivity contribution in [1.82, 2.24) is 4.90 Å². The second-order valence-electron chi connectivity index (χ2n) is 4.83. The molecule has 0 aliphatic rings. The number of hydrogen-bond donors (Lipinski definition) is 2. The summed E-state index contributed by atoms with van der Waals surface area (Å²) in [6.07, 6.45) is -0.387. The molecule has 0 spiro atoms. The zero-order chi connectivity index (χ0) is 16.8. The summed E-state index contributed by atoms with van der Waals surface area (Å²) < 4.78 is 16.0.